The quantitative estimate of drug-likeness (QED) is 0.605. The van der Waals surface area contributed by atoms with E-state index in [2.05, 4.69) is 25.4 Å². The SMILES string of the molecule is COc1cc(-c2cc(C(=O)N3CC[C@H](C(=O)NC4C5CN(C6COC6)CC54)CC34CC4)[nH]n2)c(F)cn1. The lowest BCUT2D eigenvalue weighted by Crippen LogP contribution is -2.52. The second-order valence-electron chi connectivity index (χ2n) is 11.3. The number of halogens is 1. The second kappa shape index (κ2) is 8.49. The molecule has 196 valence electrons. The molecule has 2 N–H and O–H groups in total. The highest BCUT2D eigenvalue weighted by atomic mass is 19.1. The molecule has 1 spiro atoms. The Morgan fingerprint density at radius 1 is 1.24 bits per heavy atom. The minimum Gasteiger partial charge on any atom is -0.481 e. The number of likely N-dealkylation sites (tertiary alicyclic amines) is 2. The molecule has 3 aliphatic heterocycles. The highest BCUT2D eigenvalue weighted by Crippen LogP contribution is 2.51. The van der Waals surface area contributed by atoms with Crippen LogP contribution in [0.25, 0.3) is 11.3 Å². The standard InChI is InChI=1S/C26H31FN6O4/c1-36-22-6-16(19(27)9-28-22)20-7-21(31-30-20)25(35)33-5-2-14(8-26(33)3-4-26)24(34)29-23-17-10-32(11-18(17)23)15-12-37-13-15/h6-7,9,14-15,17-18,23H,2-5,8,10-13H2,1H3,(H,29,34)(H,30,31)/t14-,17?,18?,23?/m0/s1. The Hall–Kier alpha value is -3.05. The van der Waals surface area contributed by atoms with Gasteiger partial charge in [-0.15, -0.1) is 0 Å². The molecular formula is C26H31FN6O4. The first-order valence-corrected chi connectivity index (χ1v) is 13.2. The summed E-state index contributed by atoms with van der Waals surface area (Å²) in [6.07, 6.45) is 4.20. The molecule has 5 aliphatic rings. The second-order valence-corrected chi connectivity index (χ2v) is 11.3. The maximum atomic E-state index is 14.3. The van der Waals surface area contributed by atoms with Gasteiger partial charge in [0.25, 0.3) is 5.91 Å². The van der Waals surface area contributed by atoms with Gasteiger partial charge in [0.2, 0.25) is 11.8 Å². The summed E-state index contributed by atoms with van der Waals surface area (Å²) in [6, 6.07) is 3.90. The number of nitrogens with one attached hydrogen (secondary N) is 2. The van der Waals surface area contributed by atoms with Crippen molar-refractivity contribution in [2.24, 2.45) is 17.8 Å². The average molecular weight is 511 g/mol. The molecule has 37 heavy (non-hydrogen) atoms. The van der Waals surface area contributed by atoms with Gasteiger partial charge in [-0.2, -0.15) is 5.10 Å². The number of amides is 2. The third kappa shape index (κ3) is 3.90. The molecule has 3 saturated heterocycles. The third-order valence-electron chi connectivity index (χ3n) is 9.13. The summed E-state index contributed by atoms with van der Waals surface area (Å²) in [6.45, 7) is 4.32. The summed E-state index contributed by atoms with van der Waals surface area (Å²) >= 11 is 0. The van der Waals surface area contributed by atoms with Gasteiger partial charge in [0.1, 0.15) is 5.69 Å². The number of hydrogen-bond donors (Lipinski definition) is 2. The monoisotopic (exact) mass is 510 g/mol. The smallest absolute Gasteiger partial charge is 0.272 e. The first kappa shape index (κ1) is 23.1. The van der Waals surface area contributed by atoms with Crippen LogP contribution >= 0.6 is 0 Å². The van der Waals surface area contributed by atoms with Gasteiger partial charge in [-0.05, 0) is 43.6 Å². The van der Waals surface area contributed by atoms with E-state index in [4.69, 9.17) is 9.47 Å². The normalized spacial score (nSPS) is 30.1. The summed E-state index contributed by atoms with van der Waals surface area (Å²) in [7, 11) is 1.46. The van der Waals surface area contributed by atoms with Crippen LogP contribution in [0.15, 0.2) is 18.3 Å². The van der Waals surface area contributed by atoms with E-state index in [1.54, 1.807) is 6.07 Å². The summed E-state index contributed by atoms with van der Waals surface area (Å²) in [5, 5.41) is 10.3. The van der Waals surface area contributed by atoms with E-state index in [-0.39, 0.29) is 34.7 Å². The van der Waals surface area contributed by atoms with Gasteiger partial charge in [-0.3, -0.25) is 19.6 Å². The number of aromatic nitrogens is 3. The number of methoxy groups -OCH3 is 1. The van der Waals surface area contributed by atoms with Crippen LogP contribution in [0, 0.1) is 23.6 Å². The molecule has 2 unspecified atom stereocenters. The van der Waals surface area contributed by atoms with Gasteiger partial charge in [0.15, 0.2) is 5.82 Å². The Kier molecular flexibility index (Phi) is 5.30. The van der Waals surface area contributed by atoms with Crippen molar-refractivity contribution in [1.82, 2.24) is 30.3 Å². The molecular weight excluding hydrogens is 479 g/mol. The van der Waals surface area contributed by atoms with Gasteiger partial charge in [0, 0.05) is 48.8 Å². The highest BCUT2D eigenvalue weighted by molar-refractivity contribution is 5.94. The van der Waals surface area contributed by atoms with E-state index in [1.165, 1.54) is 13.2 Å². The number of ether oxygens (including phenoxy) is 2. The van der Waals surface area contributed by atoms with E-state index < -0.39 is 5.82 Å². The van der Waals surface area contributed by atoms with E-state index in [9.17, 15) is 14.0 Å². The molecule has 2 aromatic rings. The number of pyridine rings is 1. The van der Waals surface area contributed by atoms with Gasteiger partial charge >= 0.3 is 0 Å². The Morgan fingerprint density at radius 2 is 2.03 bits per heavy atom. The molecule has 10 nitrogen and oxygen atoms in total. The van der Waals surface area contributed by atoms with Crippen molar-refractivity contribution in [2.45, 2.75) is 43.3 Å². The van der Waals surface area contributed by atoms with Crippen LogP contribution in [0.5, 0.6) is 5.88 Å². The fourth-order valence-corrected chi connectivity index (χ4v) is 6.58. The number of carbonyl (C=O) groups is 2. The van der Waals surface area contributed by atoms with Gasteiger partial charge in [-0.1, -0.05) is 0 Å². The van der Waals surface area contributed by atoms with Crippen LogP contribution in [-0.4, -0.2) is 94.4 Å². The van der Waals surface area contributed by atoms with E-state index in [0.29, 0.717) is 54.7 Å². The Labute approximate surface area is 213 Å². The van der Waals surface area contributed by atoms with Gasteiger partial charge in [0.05, 0.1) is 38.3 Å². The zero-order chi connectivity index (χ0) is 25.3. The topological polar surface area (TPSA) is 113 Å². The van der Waals surface area contributed by atoms with Crippen molar-refractivity contribution < 1.29 is 23.5 Å². The molecule has 7 rings (SSSR count). The first-order chi connectivity index (χ1) is 18.0. The van der Waals surface area contributed by atoms with E-state index >= 15 is 0 Å². The van der Waals surface area contributed by atoms with E-state index in [0.717, 1.165) is 45.3 Å². The van der Waals surface area contributed by atoms with Crippen LogP contribution in [0.1, 0.15) is 36.2 Å². The molecule has 2 aromatic heterocycles. The number of piperidine rings is 2. The molecule has 5 fully saturated rings. The van der Waals surface area contributed by atoms with Crippen molar-refractivity contribution in [2.75, 3.05) is 40.0 Å². The lowest BCUT2D eigenvalue weighted by atomic mass is 9.88. The maximum absolute atomic E-state index is 14.3. The average Bonchev–Trinajstić information content (AvgIpc) is 3.59. The van der Waals surface area contributed by atoms with Gasteiger partial charge < -0.3 is 19.7 Å². The number of rotatable bonds is 6. The Morgan fingerprint density at radius 3 is 2.70 bits per heavy atom. The lowest BCUT2D eigenvalue weighted by molar-refractivity contribution is -0.127. The lowest BCUT2D eigenvalue weighted by Gasteiger charge is -2.39. The minimum atomic E-state index is -0.540. The number of fused-ring (bicyclic) bond motifs is 1. The number of aromatic amines is 1. The largest absolute Gasteiger partial charge is 0.481 e. The molecule has 11 heteroatoms. The summed E-state index contributed by atoms with van der Waals surface area (Å²) in [5.74, 6) is 0.781. The van der Waals surface area contributed by atoms with Crippen LogP contribution < -0.4 is 10.1 Å². The molecule has 5 heterocycles. The zero-order valence-corrected chi connectivity index (χ0v) is 20.8. The van der Waals surface area contributed by atoms with Crippen molar-refractivity contribution in [3.63, 3.8) is 0 Å². The molecule has 0 bridgehead atoms. The van der Waals surface area contributed by atoms with Gasteiger partial charge in [-0.25, -0.2) is 9.37 Å². The molecule has 0 radical (unpaired) electrons. The fraction of sp³-hybridized carbons (Fsp3) is 0.615. The van der Waals surface area contributed by atoms with Crippen molar-refractivity contribution in [1.29, 1.82) is 0 Å². The highest BCUT2D eigenvalue weighted by Gasteiger charge is 2.59. The fourth-order valence-electron chi connectivity index (χ4n) is 6.58. The Balaban J connectivity index is 0.976. The Bertz CT molecular complexity index is 1230. The van der Waals surface area contributed by atoms with Crippen LogP contribution in [0.4, 0.5) is 4.39 Å². The van der Waals surface area contributed by atoms with Crippen molar-refractivity contribution in [3.8, 4) is 17.1 Å². The van der Waals surface area contributed by atoms with Crippen LogP contribution in [0.2, 0.25) is 0 Å². The zero-order valence-electron chi connectivity index (χ0n) is 20.8. The molecule has 0 aromatic carbocycles. The predicted molar refractivity (Wildman–Crippen MR) is 129 cm³/mol. The predicted octanol–water partition coefficient (Wildman–Crippen LogP) is 1.45. The van der Waals surface area contributed by atoms with E-state index in [1.807, 2.05) is 4.90 Å². The van der Waals surface area contributed by atoms with Crippen LogP contribution in [0.3, 0.4) is 0 Å². The third-order valence-corrected chi connectivity index (χ3v) is 9.13. The number of hydrogen-bond acceptors (Lipinski definition) is 7. The summed E-state index contributed by atoms with van der Waals surface area (Å²) in [5.41, 5.74) is 0.576. The van der Waals surface area contributed by atoms with Crippen LogP contribution in [-0.2, 0) is 9.53 Å². The van der Waals surface area contributed by atoms with Crippen molar-refractivity contribution >= 4 is 11.8 Å². The summed E-state index contributed by atoms with van der Waals surface area (Å²) < 4.78 is 24.7. The number of H-pyrrole nitrogens is 1. The minimum absolute atomic E-state index is 0.0697. The molecule has 3 atom stereocenters. The molecule has 2 amide bonds. The molecule has 2 aliphatic carbocycles. The summed E-state index contributed by atoms with van der Waals surface area (Å²) in [4.78, 5) is 34.8. The molecule has 2 saturated carbocycles. The maximum Gasteiger partial charge on any atom is 0.272 e. The number of carbonyl (C=O) groups excluding carboxylic acids is 2. The number of nitrogens with zero attached hydrogens (tertiary/aromatic N) is 4. The first-order valence-electron chi connectivity index (χ1n) is 13.2. The van der Waals surface area contributed by atoms with Crippen molar-refractivity contribution in [3.05, 3.63) is 29.8 Å².